The molecule has 0 aromatic heterocycles. The topological polar surface area (TPSA) is 35.2 Å². The van der Waals surface area contributed by atoms with Gasteiger partial charge in [0.15, 0.2) is 0 Å². The Morgan fingerprint density at radius 3 is 2.41 bits per heavy atom. The molecule has 0 fully saturated rings. The van der Waals surface area contributed by atoms with E-state index in [0.29, 0.717) is 0 Å². The highest BCUT2D eigenvalue weighted by molar-refractivity contribution is 5.14. The van der Waals surface area contributed by atoms with E-state index in [-0.39, 0.29) is 17.6 Å². The van der Waals surface area contributed by atoms with Crippen molar-refractivity contribution in [2.45, 2.75) is 71.4 Å². The summed E-state index contributed by atoms with van der Waals surface area (Å²) in [4.78, 5) is 0. The van der Waals surface area contributed by atoms with Gasteiger partial charge in [-0.1, -0.05) is 45.3 Å². The fraction of sp³-hybridized carbons (Fsp3) is 0.867. The van der Waals surface area contributed by atoms with Crippen LogP contribution in [-0.4, -0.2) is 19.3 Å². The van der Waals surface area contributed by atoms with E-state index in [2.05, 4.69) is 26.8 Å². The van der Waals surface area contributed by atoms with Crippen molar-refractivity contribution in [2.75, 3.05) is 7.11 Å². The van der Waals surface area contributed by atoms with Crippen LogP contribution in [0.2, 0.25) is 0 Å². The second-order valence-corrected chi connectivity index (χ2v) is 6.28. The van der Waals surface area contributed by atoms with Gasteiger partial charge in [-0.3, -0.25) is 0 Å². The van der Waals surface area contributed by atoms with Gasteiger partial charge in [-0.25, -0.2) is 0 Å². The van der Waals surface area contributed by atoms with Crippen LogP contribution in [0.3, 0.4) is 0 Å². The van der Waals surface area contributed by atoms with Gasteiger partial charge in [0.05, 0.1) is 12.1 Å². The van der Waals surface area contributed by atoms with Gasteiger partial charge in [0, 0.05) is 7.11 Å². The summed E-state index contributed by atoms with van der Waals surface area (Å²) in [5.74, 6) is 0. The van der Waals surface area contributed by atoms with E-state index in [9.17, 15) is 0 Å². The van der Waals surface area contributed by atoms with E-state index in [1.807, 2.05) is 0 Å². The normalized spacial score (nSPS) is 22.3. The minimum Gasteiger partial charge on any atom is -0.379 e. The first-order valence-electron chi connectivity index (χ1n) is 6.94. The van der Waals surface area contributed by atoms with Crippen LogP contribution < -0.4 is 5.73 Å². The Kier molecular flexibility index (Phi) is 5.68. The van der Waals surface area contributed by atoms with Crippen LogP contribution >= 0.6 is 0 Å². The van der Waals surface area contributed by atoms with E-state index in [1.165, 1.54) is 37.7 Å². The largest absolute Gasteiger partial charge is 0.379 e. The monoisotopic (exact) mass is 239 g/mol. The second-order valence-electron chi connectivity index (χ2n) is 6.28. The molecule has 2 atom stereocenters. The third kappa shape index (κ3) is 4.44. The lowest BCUT2D eigenvalue weighted by Crippen LogP contribution is -2.46. The number of hydrogen-bond donors (Lipinski definition) is 1. The highest BCUT2D eigenvalue weighted by Gasteiger charge is 2.31. The Morgan fingerprint density at radius 2 is 1.82 bits per heavy atom. The van der Waals surface area contributed by atoms with E-state index < -0.39 is 0 Å². The summed E-state index contributed by atoms with van der Waals surface area (Å²) in [7, 11) is 1.78. The first kappa shape index (κ1) is 14.7. The van der Waals surface area contributed by atoms with Gasteiger partial charge in [0.25, 0.3) is 0 Å². The molecule has 0 saturated heterocycles. The number of nitrogens with two attached hydrogens (primary N) is 1. The molecule has 1 aliphatic rings. The fourth-order valence-electron chi connectivity index (χ4n) is 2.75. The Balaban J connectivity index is 2.74. The van der Waals surface area contributed by atoms with Gasteiger partial charge in [-0.2, -0.15) is 0 Å². The lowest BCUT2D eigenvalue weighted by molar-refractivity contribution is 0.00520. The van der Waals surface area contributed by atoms with Crippen molar-refractivity contribution in [2.24, 2.45) is 11.1 Å². The molecule has 2 N–H and O–H groups in total. The number of methoxy groups -OCH3 is 1. The predicted molar refractivity (Wildman–Crippen MR) is 74.0 cm³/mol. The van der Waals surface area contributed by atoms with Crippen molar-refractivity contribution in [1.29, 1.82) is 0 Å². The van der Waals surface area contributed by atoms with Crippen molar-refractivity contribution in [1.82, 2.24) is 0 Å². The quantitative estimate of drug-likeness (QED) is 0.763. The summed E-state index contributed by atoms with van der Waals surface area (Å²) >= 11 is 0. The van der Waals surface area contributed by atoms with E-state index >= 15 is 0 Å². The average molecular weight is 239 g/mol. The summed E-state index contributed by atoms with van der Waals surface area (Å²) in [5.41, 5.74) is 7.92. The zero-order chi connectivity index (χ0) is 12.9. The molecule has 2 unspecified atom stereocenters. The van der Waals surface area contributed by atoms with Crippen LogP contribution in [0.1, 0.15) is 59.3 Å². The third-order valence-electron chi connectivity index (χ3n) is 3.69. The highest BCUT2D eigenvalue weighted by atomic mass is 16.5. The second kappa shape index (κ2) is 6.55. The standard InChI is InChI=1S/C15H29NO/c1-15(2,3)14(17-4)13(16)12-10-8-6-5-7-9-11-12/h10,13-14H,5-9,11,16H2,1-4H3. The lowest BCUT2D eigenvalue weighted by Gasteiger charge is -2.35. The number of rotatable bonds is 3. The molecule has 2 nitrogen and oxygen atoms in total. The zero-order valence-corrected chi connectivity index (χ0v) is 12.0. The molecule has 1 rings (SSSR count). The van der Waals surface area contributed by atoms with Gasteiger partial charge in [-0.05, 0) is 31.1 Å². The average Bonchev–Trinajstić information content (AvgIpc) is 2.15. The van der Waals surface area contributed by atoms with Gasteiger partial charge in [0.1, 0.15) is 0 Å². The maximum absolute atomic E-state index is 6.42. The Labute approximate surface area is 107 Å². The Morgan fingerprint density at radius 1 is 1.18 bits per heavy atom. The summed E-state index contributed by atoms with van der Waals surface area (Å²) in [6.45, 7) is 6.60. The van der Waals surface area contributed by atoms with Crippen molar-refractivity contribution in [3.05, 3.63) is 11.6 Å². The van der Waals surface area contributed by atoms with Crippen LogP contribution in [0.4, 0.5) is 0 Å². The van der Waals surface area contributed by atoms with Crippen LogP contribution in [-0.2, 0) is 4.74 Å². The van der Waals surface area contributed by atoms with Gasteiger partial charge in [0.2, 0.25) is 0 Å². The summed E-state index contributed by atoms with van der Waals surface area (Å²) in [6, 6.07) is 0.0538. The van der Waals surface area contributed by atoms with Crippen molar-refractivity contribution in [3.8, 4) is 0 Å². The Bertz CT molecular complexity index is 252. The van der Waals surface area contributed by atoms with Crippen molar-refractivity contribution < 1.29 is 4.74 Å². The SMILES string of the molecule is COC(C(N)C1=CCCCCCC1)C(C)(C)C. The maximum Gasteiger partial charge on any atom is 0.0808 e. The fourth-order valence-corrected chi connectivity index (χ4v) is 2.75. The molecule has 17 heavy (non-hydrogen) atoms. The lowest BCUT2D eigenvalue weighted by atomic mass is 9.80. The molecule has 0 radical (unpaired) electrons. The molecule has 0 saturated carbocycles. The maximum atomic E-state index is 6.42. The first-order chi connectivity index (χ1) is 7.96. The third-order valence-corrected chi connectivity index (χ3v) is 3.69. The number of hydrogen-bond acceptors (Lipinski definition) is 2. The minimum atomic E-state index is 0.0538. The van der Waals surface area contributed by atoms with Crippen LogP contribution in [0.5, 0.6) is 0 Å². The summed E-state index contributed by atoms with van der Waals surface area (Å²) < 4.78 is 5.64. The number of allylic oxidation sites excluding steroid dienone is 1. The van der Waals surface area contributed by atoms with E-state index in [1.54, 1.807) is 7.11 Å². The van der Waals surface area contributed by atoms with E-state index in [0.717, 1.165) is 6.42 Å². The van der Waals surface area contributed by atoms with Crippen LogP contribution in [0, 0.1) is 5.41 Å². The predicted octanol–water partition coefficient (Wildman–Crippen LogP) is 3.66. The molecule has 100 valence electrons. The van der Waals surface area contributed by atoms with Crippen molar-refractivity contribution in [3.63, 3.8) is 0 Å². The van der Waals surface area contributed by atoms with Gasteiger partial charge in [-0.15, -0.1) is 0 Å². The zero-order valence-electron chi connectivity index (χ0n) is 12.0. The summed E-state index contributed by atoms with van der Waals surface area (Å²) in [6.07, 6.45) is 10.1. The smallest absolute Gasteiger partial charge is 0.0808 e. The van der Waals surface area contributed by atoms with Crippen LogP contribution in [0.25, 0.3) is 0 Å². The molecular weight excluding hydrogens is 210 g/mol. The molecule has 1 aliphatic carbocycles. The molecule has 0 heterocycles. The molecule has 0 aromatic carbocycles. The number of ether oxygens (including phenoxy) is 1. The van der Waals surface area contributed by atoms with E-state index in [4.69, 9.17) is 10.5 Å². The van der Waals surface area contributed by atoms with Gasteiger partial charge < -0.3 is 10.5 Å². The van der Waals surface area contributed by atoms with Gasteiger partial charge >= 0.3 is 0 Å². The van der Waals surface area contributed by atoms with Crippen LogP contribution in [0.15, 0.2) is 11.6 Å². The van der Waals surface area contributed by atoms with Crippen molar-refractivity contribution >= 4 is 0 Å². The molecule has 0 amide bonds. The molecule has 0 spiro atoms. The molecular formula is C15H29NO. The molecule has 0 bridgehead atoms. The summed E-state index contributed by atoms with van der Waals surface area (Å²) in [5, 5.41) is 0. The Hall–Kier alpha value is -0.340. The molecule has 0 aliphatic heterocycles. The molecule has 2 heteroatoms. The minimum absolute atomic E-state index is 0.0538. The highest BCUT2D eigenvalue weighted by Crippen LogP contribution is 2.29. The first-order valence-corrected chi connectivity index (χ1v) is 6.94. The molecule has 0 aromatic rings.